The van der Waals surface area contributed by atoms with Crippen LogP contribution in [-0.4, -0.2) is 86.8 Å². The summed E-state index contributed by atoms with van der Waals surface area (Å²) in [5, 5.41) is 44.0. The zero-order valence-corrected chi connectivity index (χ0v) is 21.9. The number of carboxylic acid groups (broad SMARTS) is 3. The molecule has 0 fully saturated rings. The second-order valence-electron chi connectivity index (χ2n) is 9.15. The molecule has 0 aromatic heterocycles. The average molecular weight is 568 g/mol. The molecule has 0 heterocycles. The van der Waals surface area contributed by atoms with E-state index >= 15 is 0 Å². The molecule has 0 spiro atoms. The standard InChI is InChI=1S/C25H37N5O10/c26-12-2-1-3-17(28-22(36)16(27)8-10-20(32)33)23(37)29-18(9-11-21(34)35)24(38)30-19(25(39)40)13-14-4-6-15(31)7-5-14/h4-7,16-19,31H,1-3,8-13,26-27H2,(H,28,36)(H,29,37)(H,30,38)(H,32,33)(H,34,35)(H,39,40). The van der Waals surface area contributed by atoms with Gasteiger partial charge >= 0.3 is 17.9 Å². The SMILES string of the molecule is NCCCCC(NC(=O)C(N)CCC(=O)O)C(=O)NC(CCC(=O)O)C(=O)NC(Cc1ccc(O)cc1)C(=O)O. The predicted molar refractivity (Wildman–Crippen MR) is 140 cm³/mol. The molecule has 0 saturated heterocycles. The molecule has 0 bridgehead atoms. The molecule has 0 aliphatic carbocycles. The number of rotatable bonds is 19. The molecule has 1 aromatic carbocycles. The monoisotopic (exact) mass is 567 g/mol. The molecule has 15 heteroatoms. The van der Waals surface area contributed by atoms with E-state index in [-0.39, 0.29) is 37.9 Å². The van der Waals surface area contributed by atoms with Crippen LogP contribution in [0.15, 0.2) is 24.3 Å². The molecule has 0 radical (unpaired) electrons. The van der Waals surface area contributed by atoms with Crippen molar-refractivity contribution in [2.24, 2.45) is 11.5 Å². The Hall–Kier alpha value is -4.24. The van der Waals surface area contributed by atoms with E-state index in [1.807, 2.05) is 0 Å². The van der Waals surface area contributed by atoms with Crippen LogP contribution in [0.2, 0.25) is 0 Å². The van der Waals surface area contributed by atoms with E-state index in [0.717, 1.165) is 0 Å². The molecule has 0 aliphatic rings. The highest BCUT2D eigenvalue weighted by Crippen LogP contribution is 2.12. The van der Waals surface area contributed by atoms with Gasteiger partial charge in [0.2, 0.25) is 17.7 Å². The van der Waals surface area contributed by atoms with Gasteiger partial charge in [-0.3, -0.25) is 24.0 Å². The van der Waals surface area contributed by atoms with Gasteiger partial charge in [0.05, 0.1) is 6.04 Å². The fourth-order valence-electron chi connectivity index (χ4n) is 3.60. The van der Waals surface area contributed by atoms with Crippen molar-refractivity contribution in [2.45, 2.75) is 75.5 Å². The van der Waals surface area contributed by atoms with Crippen molar-refractivity contribution in [2.75, 3.05) is 6.54 Å². The summed E-state index contributed by atoms with van der Waals surface area (Å²) >= 11 is 0. The Morgan fingerprint density at radius 2 is 1.20 bits per heavy atom. The number of phenols is 1. The first kappa shape index (κ1) is 33.8. The highest BCUT2D eigenvalue weighted by Gasteiger charge is 2.30. The molecule has 1 rings (SSSR count). The summed E-state index contributed by atoms with van der Waals surface area (Å²) in [4.78, 5) is 72.3. The number of benzene rings is 1. The largest absolute Gasteiger partial charge is 0.508 e. The maximum atomic E-state index is 13.1. The van der Waals surface area contributed by atoms with Gasteiger partial charge in [0.15, 0.2) is 0 Å². The molecule has 0 saturated carbocycles. The number of nitrogens with one attached hydrogen (secondary N) is 3. The third kappa shape index (κ3) is 13.0. The van der Waals surface area contributed by atoms with E-state index < -0.39 is 66.2 Å². The van der Waals surface area contributed by atoms with Crippen molar-refractivity contribution in [1.29, 1.82) is 0 Å². The number of nitrogens with two attached hydrogens (primary N) is 2. The normalized spacial score (nSPS) is 13.8. The van der Waals surface area contributed by atoms with Gasteiger partial charge in [-0.05, 0) is 56.3 Å². The van der Waals surface area contributed by atoms with Crippen LogP contribution in [0.1, 0.15) is 50.5 Å². The number of unbranched alkanes of at least 4 members (excludes halogenated alkanes) is 1. The van der Waals surface area contributed by atoms with E-state index in [4.69, 9.17) is 21.7 Å². The van der Waals surface area contributed by atoms with Crippen LogP contribution in [0, 0.1) is 0 Å². The van der Waals surface area contributed by atoms with Crippen LogP contribution < -0.4 is 27.4 Å². The molecule has 3 amide bonds. The average Bonchev–Trinajstić information content (AvgIpc) is 2.89. The quantitative estimate of drug-likeness (QED) is 0.0879. The Kier molecular flexibility index (Phi) is 14.7. The number of carbonyl (C=O) groups excluding carboxylic acids is 3. The Morgan fingerprint density at radius 1 is 0.700 bits per heavy atom. The van der Waals surface area contributed by atoms with Crippen molar-refractivity contribution in [1.82, 2.24) is 16.0 Å². The number of hydrogen-bond donors (Lipinski definition) is 9. The predicted octanol–water partition coefficient (Wildman–Crippen LogP) is -1.34. The number of carboxylic acids is 3. The highest BCUT2D eigenvalue weighted by atomic mass is 16.4. The lowest BCUT2D eigenvalue weighted by atomic mass is 10.0. The number of phenolic OH excluding ortho intramolecular Hbond substituents is 1. The van der Waals surface area contributed by atoms with Gasteiger partial charge in [-0.2, -0.15) is 0 Å². The summed E-state index contributed by atoms with van der Waals surface area (Å²) < 4.78 is 0. The minimum absolute atomic E-state index is 0.0351. The van der Waals surface area contributed by atoms with E-state index in [1.165, 1.54) is 24.3 Å². The smallest absolute Gasteiger partial charge is 0.326 e. The number of amides is 3. The molecule has 40 heavy (non-hydrogen) atoms. The fraction of sp³-hybridized carbons (Fsp3) is 0.520. The maximum Gasteiger partial charge on any atom is 0.326 e. The third-order valence-electron chi connectivity index (χ3n) is 5.86. The molecule has 222 valence electrons. The summed E-state index contributed by atoms with van der Waals surface area (Å²) in [6.45, 7) is 0.307. The third-order valence-corrected chi connectivity index (χ3v) is 5.86. The minimum atomic E-state index is -1.46. The second kappa shape index (κ2) is 17.4. The first-order valence-corrected chi connectivity index (χ1v) is 12.6. The van der Waals surface area contributed by atoms with E-state index in [0.29, 0.717) is 24.9 Å². The van der Waals surface area contributed by atoms with Crippen LogP contribution in [-0.2, 0) is 35.2 Å². The number of carbonyl (C=O) groups is 6. The molecular formula is C25H37N5O10. The highest BCUT2D eigenvalue weighted by molar-refractivity contribution is 5.94. The molecule has 1 aromatic rings. The molecule has 4 atom stereocenters. The van der Waals surface area contributed by atoms with Gasteiger partial charge in [-0.25, -0.2) is 4.79 Å². The number of aliphatic carboxylic acids is 3. The lowest BCUT2D eigenvalue weighted by Gasteiger charge is -2.25. The van der Waals surface area contributed by atoms with Crippen molar-refractivity contribution in [3.05, 3.63) is 29.8 Å². The summed E-state index contributed by atoms with van der Waals surface area (Å²) in [7, 11) is 0. The van der Waals surface area contributed by atoms with Crippen molar-refractivity contribution in [3.8, 4) is 5.75 Å². The zero-order valence-electron chi connectivity index (χ0n) is 21.9. The summed E-state index contributed by atoms with van der Waals surface area (Å²) in [6.07, 6.45) is -0.619. The van der Waals surface area contributed by atoms with Crippen molar-refractivity contribution in [3.63, 3.8) is 0 Å². The zero-order chi connectivity index (χ0) is 30.2. The first-order valence-electron chi connectivity index (χ1n) is 12.6. The maximum absolute atomic E-state index is 13.1. The van der Waals surface area contributed by atoms with Crippen LogP contribution >= 0.6 is 0 Å². The summed E-state index contributed by atoms with van der Waals surface area (Å²) in [5.74, 6) is -6.42. The van der Waals surface area contributed by atoms with Gasteiger partial charge in [0.25, 0.3) is 0 Å². The van der Waals surface area contributed by atoms with Crippen LogP contribution in [0.3, 0.4) is 0 Å². The van der Waals surface area contributed by atoms with Gasteiger partial charge in [0, 0.05) is 19.3 Å². The van der Waals surface area contributed by atoms with E-state index in [9.17, 15) is 39.0 Å². The number of aromatic hydroxyl groups is 1. The minimum Gasteiger partial charge on any atom is -0.508 e. The molecule has 4 unspecified atom stereocenters. The molecule has 15 nitrogen and oxygen atoms in total. The molecule has 11 N–H and O–H groups in total. The summed E-state index contributed by atoms with van der Waals surface area (Å²) in [6, 6.07) is 0.310. The molecular weight excluding hydrogens is 530 g/mol. The van der Waals surface area contributed by atoms with Crippen molar-refractivity contribution < 1.29 is 49.2 Å². The van der Waals surface area contributed by atoms with Crippen LogP contribution in [0.4, 0.5) is 0 Å². The van der Waals surface area contributed by atoms with E-state index in [2.05, 4.69) is 16.0 Å². The topological polar surface area (TPSA) is 271 Å². The Balaban J connectivity index is 3.04. The Labute approximate surface area is 230 Å². The van der Waals surface area contributed by atoms with Crippen LogP contribution in [0.5, 0.6) is 5.75 Å². The number of hydrogen-bond acceptors (Lipinski definition) is 9. The first-order chi connectivity index (χ1) is 18.8. The summed E-state index contributed by atoms with van der Waals surface area (Å²) in [5.41, 5.74) is 11.7. The van der Waals surface area contributed by atoms with Gasteiger partial charge in [0.1, 0.15) is 23.9 Å². The Morgan fingerprint density at radius 3 is 1.73 bits per heavy atom. The second-order valence-corrected chi connectivity index (χ2v) is 9.15. The van der Waals surface area contributed by atoms with E-state index in [1.54, 1.807) is 0 Å². The van der Waals surface area contributed by atoms with Gasteiger partial charge < -0.3 is 47.8 Å². The lowest BCUT2D eigenvalue weighted by Crippen LogP contribution is -2.57. The fourth-order valence-corrected chi connectivity index (χ4v) is 3.60. The van der Waals surface area contributed by atoms with Crippen LogP contribution in [0.25, 0.3) is 0 Å². The van der Waals surface area contributed by atoms with Gasteiger partial charge in [-0.1, -0.05) is 12.1 Å². The van der Waals surface area contributed by atoms with Crippen molar-refractivity contribution >= 4 is 35.6 Å². The van der Waals surface area contributed by atoms with Gasteiger partial charge in [-0.15, -0.1) is 0 Å². The Bertz CT molecular complexity index is 1030. The molecule has 0 aliphatic heterocycles. The lowest BCUT2D eigenvalue weighted by molar-refractivity contribution is -0.143.